The molecule has 0 aliphatic carbocycles. The fourth-order valence-electron chi connectivity index (χ4n) is 3.95. The molecule has 1 aliphatic rings. The predicted octanol–water partition coefficient (Wildman–Crippen LogP) is 5.36. The molecule has 1 aliphatic heterocycles. The second-order valence-corrected chi connectivity index (χ2v) is 13.0. The van der Waals surface area contributed by atoms with E-state index in [4.69, 9.17) is 27.9 Å². The number of halogens is 2. The summed E-state index contributed by atoms with van der Waals surface area (Å²) in [5.41, 5.74) is 1.13. The molecule has 2 heterocycles. The van der Waals surface area contributed by atoms with Gasteiger partial charge in [-0.3, -0.25) is 9.36 Å². The van der Waals surface area contributed by atoms with Gasteiger partial charge in [0.2, 0.25) is 15.9 Å². The molecule has 13 heteroatoms. The Morgan fingerprint density at radius 2 is 1.79 bits per heavy atom. The zero-order chi connectivity index (χ0) is 27.4. The molecule has 3 aromatic rings. The number of thioether (sulfide) groups is 1. The maximum Gasteiger partial charge on any atom is 0.243 e. The standard InChI is InChI=1S/C25H29Cl2N5O4S2/c1-4-16(2)32-23(18-6-5-7-22(12-18)38(34,35)31-8-10-36-11-9-31)29-30-25(32)37-17(3)24(33)28-21-14-19(26)13-20(27)15-21/h5-7,12-17H,4,8-11H2,1-3H3,(H,28,33)/t16-,17-/m1/s1. The average molecular weight is 599 g/mol. The predicted molar refractivity (Wildman–Crippen MR) is 150 cm³/mol. The maximum absolute atomic E-state index is 13.2. The summed E-state index contributed by atoms with van der Waals surface area (Å²) in [6.45, 7) is 7.23. The van der Waals surface area contributed by atoms with Crippen molar-refractivity contribution in [3.8, 4) is 11.4 Å². The van der Waals surface area contributed by atoms with Crippen molar-refractivity contribution in [3.05, 3.63) is 52.5 Å². The first kappa shape index (κ1) is 28.8. The molecule has 1 aromatic heterocycles. The largest absolute Gasteiger partial charge is 0.379 e. The van der Waals surface area contributed by atoms with Crippen molar-refractivity contribution in [2.75, 3.05) is 31.6 Å². The number of nitrogens with one attached hydrogen (secondary N) is 1. The number of carbonyl (C=O) groups excluding carboxylic acids is 1. The lowest BCUT2D eigenvalue weighted by Gasteiger charge is -2.26. The second kappa shape index (κ2) is 12.4. The van der Waals surface area contributed by atoms with E-state index in [2.05, 4.69) is 15.5 Å². The van der Waals surface area contributed by atoms with Crippen LogP contribution in [-0.2, 0) is 19.6 Å². The molecule has 2 aromatic carbocycles. The molecule has 1 fully saturated rings. The molecule has 1 saturated heterocycles. The number of rotatable bonds is 9. The zero-order valence-electron chi connectivity index (χ0n) is 21.2. The third-order valence-electron chi connectivity index (χ3n) is 6.18. The van der Waals surface area contributed by atoms with Crippen molar-refractivity contribution in [3.63, 3.8) is 0 Å². The Hall–Kier alpha value is -2.15. The number of hydrogen-bond acceptors (Lipinski definition) is 7. The first-order valence-electron chi connectivity index (χ1n) is 12.2. The highest BCUT2D eigenvalue weighted by atomic mass is 35.5. The number of benzene rings is 2. The van der Waals surface area contributed by atoms with Gasteiger partial charge in [0, 0.05) is 40.4 Å². The van der Waals surface area contributed by atoms with Crippen LogP contribution >= 0.6 is 35.0 Å². The highest BCUT2D eigenvalue weighted by molar-refractivity contribution is 8.00. The molecular formula is C25H29Cl2N5O4S2. The van der Waals surface area contributed by atoms with Crippen LogP contribution in [0.1, 0.15) is 33.2 Å². The molecule has 1 amide bonds. The van der Waals surface area contributed by atoms with Gasteiger partial charge in [0.15, 0.2) is 11.0 Å². The molecule has 0 spiro atoms. The van der Waals surface area contributed by atoms with Crippen molar-refractivity contribution >= 4 is 56.6 Å². The van der Waals surface area contributed by atoms with Gasteiger partial charge in [-0.15, -0.1) is 10.2 Å². The van der Waals surface area contributed by atoms with Crippen molar-refractivity contribution < 1.29 is 17.9 Å². The molecule has 0 unspecified atom stereocenters. The second-order valence-electron chi connectivity index (χ2n) is 8.89. The molecule has 1 N–H and O–H groups in total. The van der Waals surface area contributed by atoms with E-state index in [0.717, 1.165) is 6.42 Å². The van der Waals surface area contributed by atoms with Gasteiger partial charge in [0.05, 0.1) is 23.4 Å². The number of ether oxygens (including phenoxy) is 1. The van der Waals surface area contributed by atoms with Gasteiger partial charge in [-0.1, -0.05) is 54.0 Å². The van der Waals surface area contributed by atoms with Crippen molar-refractivity contribution in [1.82, 2.24) is 19.1 Å². The summed E-state index contributed by atoms with van der Waals surface area (Å²) in [7, 11) is -3.67. The Labute approximate surface area is 236 Å². The van der Waals surface area contributed by atoms with Crippen molar-refractivity contribution in [2.45, 2.75) is 48.5 Å². The minimum absolute atomic E-state index is 0.00371. The van der Waals surface area contributed by atoms with Crippen LogP contribution in [0.2, 0.25) is 10.0 Å². The highest BCUT2D eigenvalue weighted by Gasteiger charge is 2.28. The van der Waals surface area contributed by atoms with E-state index < -0.39 is 15.3 Å². The Morgan fingerprint density at radius 3 is 2.45 bits per heavy atom. The number of carbonyl (C=O) groups is 1. The number of sulfonamides is 1. The lowest BCUT2D eigenvalue weighted by molar-refractivity contribution is -0.115. The summed E-state index contributed by atoms with van der Waals surface area (Å²) in [6.07, 6.45) is 0.784. The summed E-state index contributed by atoms with van der Waals surface area (Å²) in [4.78, 5) is 13.1. The molecule has 0 radical (unpaired) electrons. The highest BCUT2D eigenvalue weighted by Crippen LogP contribution is 2.33. The first-order chi connectivity index (χ1) is 18.1. The number of anilines is 1. The van der Waals surface area contributed by atoms with E-state index in [9.17, 15) is 13.2 Å². The monoisotopic (exact) mass is 597 g/mol. The Kier molecular flexibility index (Phi) is 9.38. The van der Waals surface area contributed by atoms with Gasteiger partial charge in [-0.05, 0) is 50.6 Å². The van der Waals surface area contributed by atoms with E-state index in [0.29, 0.717) is 58.6 Å². The number of morpholine rings is 1. The van der Waals surface area contributed by atoms with Crippen LogP contribution in [0.4, 0.5) is 5.69 Å². The van der Waals surface area contributed by atoms with E-state index in [-0.39, 0.29) is 16.8 Å². The summed E-state index contributed by atoms with van der Waals surface area (Å²) in [6, 6.07) is 11.6. The topological polar surface area (TPSA) is 106 Å². The van der Waals surface area contributed by atoms with Crippen LogP contribution in [0, 0.1) is 0 Å². The summed E-state index contributed by atoms with van der Waals surface area (Å²) in [5.74, 6) is 0.294. The van der Waals surface area contributed by atoms with Gasteiger partial charge in [0.1, 0.15) is 0 Å². The summed E-state index contributed by atoms with van der Waals surface area (Å²) in [5, 5.41) is 12.5. The van der Waals surface area contributed by atoms with E-state index in [1.54, 1.807) is 43.3 Å². The maximum atomic E-state index is 13.2. The molecule has 0 bridgehead atoms. The molecule has 38 heavy (non-hydrogen) atoms. The SMILES string of the molecule is CC[C@@H](C)n1c(S[C@H](C)C(=O)Nc2cc(Cl)cc(Cl)c2)nnc1-c1cccc(S(=O)(=O)N2CCOCC2)c1. The minimum atomic E-state index is -3.67. The lowest BCUT2D eigenvalue weighted by Crippen LogP contribution is -2.40. The molecule has 204 valence electrons. The number of hydrogen-bond donors (Lipinski definition) is 1. The molecule has 4 rings (SSSR count). The summed E-state index contributed by atoms with van der Waals surface area (Å²) >= 11 is 13.4. The van der Waals surface area contributed by atoms with Gasteiger partial charge >= 0.3 is 0 Å². The zero-order valence-corrected chi connectivity index (χ0v) is 24.4. The number of aromatic nitrogens is 3. The van der Waals surface area contributed by atoms with Crippen LogP contribution in [0.3, 0.4) is 0 Å². The van der Waals surface area contributed by atoms with Gasteiger partial charge < -0.3 is 10.1 Å². The first-order valence-corrected chi connectivity index (χ1v) is 15.2. The minimum Gasteiger partial charge on any atom is -0.379 e. The van der Waals surface area contributed by atoms with Gasteiger partial charge in [0.25, 0.3) is 0 Å². The third-order valence-corrected chi connectivity index (χ3v) is 9.57. The third kappa shape index (κ3) is 6.52. The van der Waals surface area contributed by atoms with Gasteiger partial charge in [-0.25, -0.2) is 8.42 Å². The molecule has 0 saturated carbocycles. The smallest absolute Gasteiger partial charge is 0.243 e. The van der Waals surface area contributed by atoms with E-state index in [1.807, 2.05) is 24.5 Å². The van der Waals surface area contributed by atoms with Crippen LogP contribution in [0.5, 0.6) is 0 Å². The van der Waals surface area contributed by atoms with Crippen molar-refractivity contribution in [2.24, 2.45) is 0 Å². The van der Waals surface area contributed by atoms with E-state index >= 15 is 0 Å². The summed E-state index contributed by atoms with van der Waals surface area (Å²) < 4.78 is 35.1. The quantitative estimate of drug-likeness (QED) is 0.331. The van der Waals surface area contributed by atoms with Crippen molar-refractivity contribution in [1.29, 1.82) is 0 Å². The molecule has 2 atom stereocenters. The number of amides is 1. The Morgan fingerprint density at radius 1 is 1.11 bits per heavy atom. The van der Waals surface area contributed by atoms with Crippen LogP contribution < -0.4 is 5.32 Å². The normalized spacial score (nSPS) is 16.2. The molecule has 9 nitrogen and oxygen atoms in total. The number of nitrogens with zero attached hydrogens (tertiary/aromatic N) is 4. The Balaban J connectivity index is 1.60. The fourth-order valence-corrected chi connectivity index (χ4v) is 6.88. The lowest BCUT2D eigenvalue weighted by atomic mass is 10.2. The van der Waals surface area contributed by atoms with Crippen LogP contribution in [0.25, 0.3) is 11.4 Å². The van der Waals surface area contributed by atoms with Gasteiger partial charge in [-0.2, -0.15) is 4.31 Å². The fraction of sp³-hybridized carbons (Fsp3) is 0.400. The Bertz CT molecular complexity index is 1390. The van der Waals surface area contributed by atoms with E-state index in [1.165, 1.54) is 16.1 Å². The van der Waals surface area contributed by atoms with Crippen LogP contribution in [0.15, 0.2) is 52.5 Å². The average Bonchev–Trinajstić information content (AvgIpc) is 3.31. The molecular weight excluding hydrogens is 569 g/mol. The van der Waals surface area contributed by atoms with Crippen LogP contribution in [-0.4, -0.2) is 64.9 Å².